The third kappa shape index (κ3) is 2.60. The van der Waals surface area contributed by atoms with E-state index in [-0.39, 0.29) is 0 Å². The van der Waals surface area contributed by atoms with Crippen molar-refractivity contribution in [1.29, 1.82) is 0 Å². The Balaban J connectivity index is 1.91. The van der Waals surface area contributed by atoms with Crippen molar-refractivity contribution in [2.75, 3.05) is 7.11 Å². The molecule has 0 bridgehead atoms. The van der Waals surface area contributed by atoms with Crippen LogP contribution >= 0.6 is 15.9 Å². The lowest BCUT2D eigenvalue weighted by Gasteiger charge is -1.99. The fraction of sp³-hybridized carbons (Fsp3) is 0.0625. The van der Waals surface area contributed by atoms with Gasteiger partial charge in [-0.2, -0.15) is 0 Å². The van der Waals surface area contributed by atoms with E-state index >= 15 is 0 Å². The Morgan fingerprint density at radius 1 is 0.950 bits per heavy atom. The summed E-state index contributed by atoms with van der Waals surface area (Å²) >= 11 is 3.42. The van der Waals surface area contributed by atoms with Crippen LogP contribution in [-0.2, 0) is 0 Å². The van der Waals surface area contributed by atoms with Gasteiger partial charge in [-0.1, -0.05) is 33.2 Å². The van der Waals surface area contributed by atoms with E-state index in [1.54, 1.807) is 7.11 Å². The molecule has 0 atom stereocenters. The average molecular weight is 330 g/mol. The van der Waals surface area contributed by atoms with E-state index in [0.29, 0.717) is 0 Å². The molecule has 100 valence electrons. The molecule has 20 heavy (non-hydrogen) atoms. The molecular weight excluding hydrogens is 318 g/mol. The van der Waals surface area contributed by atoms with Crippen molar-refractivity contribution in [3.63, 3.8) is 0 Å². The van der Waals surface area contributed by atoms with Crippen molar-refractivity contribution in [2.24, 2.45) is 0 Å². The quantitative estimate of drug-likeness (QED) is 0.693. The number of methoxy groups -OCH3 is 1. The molecule has 3 rings (SSSR count). The first-order valence-electron chi connectivity index (χ1n) is 6.13. The summed E-state index contributed by atoms with van der Waals surface area (Å²) in [6.07, 6.45) is 0. The number of halogens is 1. The van der Waals surface area contributed by atoms with Crippen molar-refractivity contribution in [3.8, 4) is 28.3 Å². The first-order valence-corrected chi connectivity index (χ1v) is 6.92. The minimum absolute atomic E-state index is 0.741. The zero-order chi connectivity index (χ0) is 13.9. The Morgan fingerprint density at radius 3 is 2.25 bits per heavy atom. The van der Waals surface area contributed by atoms with E-state index in [1.165, 1.54) is 0 Å². The molecule has 0 unspecified atom stereocenters. The normalized spacial score (nSPS) is 10.5. The molecule has 0 N–H and O–H groups in total. The molecular formula is C16H12BrNO2. The monoisotopic (exact) mass is 329 g/mol. The van der Waals surface area contributed by atoms with E-state index in [9.17, 15) is 0 Å². The van der Waals surface area contributed by atoms with Gasteiger partial charge in [0.15, 0.2) is 5.76 Å². The fourth-order valence-electron chi connectivity index (χ4n) is 1.92. The number of benzene rings is 2. The third-order valence-corrected chi connectivity index (χ3v) is 3.55. The Kier molecular flexibility index (Phi) is 3.56. The highest BCUT2D eigenvalue weighted by Gasteiger charge is 2.08. The van der Waals surface area contributed by atoms with Crippen LogP contribution in [0.15, 0.2) is 63.6 Å². The van der Waals surface area contributed by atoms with E-state index in [1.807, 2.05) is 54.6 Å². The number of hydrogen-bond acceptors (Lipinski definition) is 3. The summed E-state index contributed by atoms with van der Waals surface area (Å²) in [5, 5.41) is 4.11. The average Bonchev–Trinajstić information content (AvgIpc) is 2.98. The second-order valence-electron chi connectivity index (χ2n) is 4.31. The highest BCUT2D eigenvalue weighted by atomic mass is 79.9. The molecule has 0 aliphatic heterocycles. The van der Waals surface area contributed by atoms with Crippen molar-refractivity contribution in [3.05, 3.63) is 59.1 Å². The van der Waals surface area contributed by atoms with Gasteiger partial charge >= 0.3 is 0 Å². The zero-order valence-electron chi connectivity index (χ0n) is 10.8. The molecule has 1 aromatic heterocycles. The van der Waals surface area contributed by atoms with E-state index in [0.717, 1.165) is 32.8 Å². The molecule has 0 spiro atoms. The van der Waals surface area contributed by atoms with Crippen molar-refractivity contribution in [2.45, 2.75) is 0 Å². The maximum Gasteiger partial charge on any atom is 0.167 e. The summed E-state index contributed by atoms with van der Waals surface area (Å²) in [6, 6.07) is 17.6. The second-order valence-corrected chi connectivity index (χ2v) is 5.23. The van der Waals surface area contributed by atoms with Crippen LogP contribution in [0, 0.1) is 0 Å². The second kappa shape index (κ2) is 5.51. The first-order chi connectivity index (χ1) is 9.76. The molecule has 0 aliphatic rings. The van der Waals surface area contributed by atoms with Crippen LogP contribution in [0.4, 0.5) is 0 Å². The Morgan fingerprint density at radius 2 is 1.60 bits per heavy atom. The van der Waals surface area contributed by atoms with Crippen LogP contribution < -0.4 is 4.74 Å². The number of rotatable bonds is 3. The van der Waals surface area contributed by atoms with Crippen molar-refractivity contribution in [1.82, 2.24) is 5.16 Å². The molecule has 0 fully saturated rings. The summed E-state index contributed by atoms with van der Waals surface area (Å²) < 4.78 is 11.6. The van der Waals surface area contributed by atoms with Gasteiger partial charge in [-0.3, -0.25) is 0 Å². The van der Waals surface area contributed by atoms with Gasteiger partial charge in [-0.05, 0) is 36.4 Å². The maximum absolute atomic E-state index is 5.41. The van der Waals surface area contributed by atoms with Gasteiger partial charge in [0.1, 0.15) is 11.4 Å². The Bertz CT molecular complexity index is 702. The van der Waals surface area contributed by atoms with Crippen LogP contribution in [0.25, 0.3) is 22.6 Å². The predicted molar refractivity (Wildman–Crippen MR) is 81.6 cm³/mol. The number of nitrogens with zero attached hydrogens (tertiary/aromatic N) is 1. The Labute approximate surface area is 125 Å². The fourth-order valence-corrected chi connectivity index (χ4v) is 2.19. The number of aromatic nitrogens is 1. The van der Waals surface area contributed by atoms with E-state index in [4.69, 9.17) is 9.26 Å². The molecule has 3 aromatic rings. The van der Waals surface area contributed by atoms with Gasteiger partial charge in [0.05, 0.1) is 7.11 Å². The van der Waals surface area contributed by atoms with E-state index in [2.05, 4.69) is 21.1 Å². The largest absolute Gasteiger partial charge is 0.497 e. The summed E-state index contributed by atoms with van der Waals surface area (Å²) in [5.41, 5.74) is 2.82. The molecule has 0 radical (unpaired) electrons. The molecule has 1 heterocycles. The predicted octanol–water partition coefficient (Wildman–Crippen LogP) is 4.78. The SMILES string of the molecule is COc1ccc(-c2cc(-c3ccc(Br)cc3)no2)cc1. The van der Waals surface area contributed by atoms with Crippen molar-refractivity contribution >= 4 is 15.9 Å². The minimum Gasteiger partial charge on any atom is -0.497 e. The van der Waals surface area contributed by atoms with Gasteiger partial charge in [0.25, 0.3) is 0 Å². The molecule has 2 aromatic carbocycles. The lowest BCUT2D eigenvalue weighted by atomic mass is 10.1. The summed E-state index contributed by atoms with van der Waals surface area (Å²) in [6.45, 7) is 0. The topological polar surface area (TPSA) is 35.3 Å². The van der Waals surface area contributed by atoms with Gasteiger partial charge in [0, 0.05) is 21.7 Å². The highest BCUT2D eigenvalue weighted by Crippen LogP contribution is 2.27. The number of ether oxygens (including phenoxy) is 1. The summed E-state index contributed by atoms with van der Waals surface area (Å²) in [5.74, 6) is 1.56. The lowest BCUT2D eigenvalue weighted by Crippen LogP contribution is -1.81. The maximum atomic E-state index is 5.41. The van der Waals surface area contributed by atoms with Gasteiger partial charge in [-0.15, -0.1) is 0 Å². The molecule has 3 nitrogen and oxygen atoms in total. The van der Waals surface area contributed by atoms with E-state index < -0.39 is 0 Å². The molecule has 0 aliphatic carbocycles. The lowest BCUT2D eigenvalue weighted by molar-refractivity contribution is 0.414. The summed E-state index contributed by atoms with van der Waals surface area (Å²) in [7, 11) is 1.65. The van der Waals surface area contributed by atoms with Gasteiger partial charge in [0.2, 0.25) is 0 Å². The molecule has 0 amide bonds. The number of hydrogen-bond donors (Lipinski definition) is 0. The summed E-state index contributed by atoms with van der Waals surface area (Å²) in [4.78, 5) is 0. The molecule has 0 saturated heterocycles. The standard InChI is InChI=1S/C16H12BrNO2/c1-19-14-8-4-12(5-9-14)16-10-15(18-20-16)11-2-6-13(17)7-3-11/h2-10H,1H3. The Hall–Kier alpha value is -2.07. The van der Waals surface area contributed by atoms with Crippen LogP contribution in [0.1, 0.15) is 0 Å². The van der Waals surface area contributed by atoms with Crippen LogP contribution in [-0.4, -0.2) is 12.3 Å². The van der Waals surface area contributed by atoms with Crippen LogP contribution in [0.2, 0.25) is 0 Å². The minimum atomic E-state index is 0.741. The van der Waals surface area contributed by atoms with Crippen LogP contribution in [0.5, 0.6) is 5.75 Å². The smallest absolute Gasteiger partial charge is 0.167 e. The highest BCUT2D eigenvalue weighted by molar-refractivity contribution is 9.10. The molecule has 0 saturated carbocycles. The van der Waals surface area contributed by atoms with Gasteiger partial charge < -0.3 is 9.26 Å². The van der Waals surface area contributed by atoms with Crippen LogP contribution in [0.3, 0.4) is 0 Å². The molecule has 4 heteroatoms. The zero-order valence-corrected chi connectivity index (χ0v) is 12.4. The first kappa shape index (κ1) is 12.9. The van der Waals surface area contributed by atoms with Gasteiger partial charge in [-0.25, -0.2) is 0 Å². The van der Waals surface area contributed by atoms with Crippen molar-refractivity contribution < 1.29 is 9.26 Å². The third-order valence-electron chi connectivity index (χ3n) is 3.02.